The van der Waals surface area contributed by atoms with Gasteiger partial charge in [-0.05, 0) is 33.1 Å². The third-order valence-corrected chi connectivity index (χ3v) is 2.45. The van der Waals surface area contributed by atoms with E-state index in [1.54, 1.807) is 0 Å². The largest absolute Gasteiger partial charge is 0.350 e. The van der Waals surface area contributed by atoms with Crippen LogP contribution in [0.15, 0.2) is 12.2 Å². The Kier molecular flexibility index (Phi) is 3.44. The molecule has 14 heavy (non-hydrogen) atoms. The van der Waals surface area contributed by atoms with Crippen molar-refractivity contribution < 1.29 is 9.59 Å². The monoisotopic (exact) mass is 195 g/mol. The number of nitrogens with one attached hydrogen (secondary N) is 1. The lowest BCUT2D eigenvalue weighted by atomic mass is 9.87. The van der Waals surface area contributed by atoms with Crippen LogP contribution in [-0.2, 0) is 9.59 Å². The minimum atomic E-state index is -0.157. The zero-order chi connectivity index (χ0) is 10.6. The van der Waals surface area contributed by atoms with Gasteiger partial charge in [-0.3, -0.25) is 9.59 Å². The van der Waals surface area contributed by atoms with Crippen molar-refractivity contribution in [1.29, 1.82) is 0 Å². The molecule has 0 heterocycles. The second-order valence-corrected chi connectivity index (χ2v) is 4.20. The second-order valence-electron chi connectivity index (χ2n) is 4.20. The number of Topliss-reactive ketones (excluding diaryl/α,β-unsaturated/α-hetero) is 1. The van der Waals surface area contributed by atoms with Crippen LogP contribution in [0.5, 0.6) is 0 Å². The standard InChI is InChI=1S/C11H17NO2/c1-9(13)8-10(14)12-11(2)6-4-3-5-7-11/h3-4H,5-8H2,1-2H3,(H,12,14). The Morgan fingerprint density at radius 3 is 2.64 bits per heavy atom. The predicted octanol–water partition coefficient (Wildman–Crippen LogP) is 1.58. The summed E-state index contributed by atoms with van der Waals surface area (Å²) in [6.07, 6.45) is 7.01. The third kappa shape index (κ3) is 3.32. The molecule has 0 fully saturated rings. The third-order valence-electron chi connectivity index (χ3n) is 2.45. The highest BCUT2D eigenvalue weighted by Crippen LogP contribution is 2.22. The SMILES string of the molecule is CC(=O)CC(=O)NC1(C)CC=CCC1. The first-order chi connectivity index (χ1) is 6.52. The molecule has 0 saturated carbocycles. The molecule has 1 amide bonds. The Morgan fingerprint density at radius 1 is 1.43 bits per heavy atom. The molecule has 3 heteroatoms. The van der Waals surface area contributed by atoms with Gasteiger partial charge in [0.2, 0.25) is 5.91 Å². The van der Waals surface area contributed by atoms with Crippen molar-refractivity contribution in [2.45, 2.75) is 45.1 Å². The summed E-state index contributed by atoms with van der Waals surface area (Å²) in [7, 11) is 0. The van der Waals surface area contributed by atoms with Crippen LogP contribution in [0.1, 0.15) is 39.5 Å². The van der Waals surface area contributed by atoms with Crippen molar-refractivity contribution in [1.82, 2.24) is 5.32 Å². The van der Waals surface area contributed by atoms with Gasteiger partial charge in [-0.15, -0.1) is 0 Å². The summed E-state index contributed by atoms with van der Waals surface area (Å²) in [6.45, 7) is 3.46. The second kappa shape index (κ2) is 4.40. The number of ketones is 1. The van der Waals surface area contributed by atoms with Crippen LogP contribution in [0, 0.1) is 0 Å². The highest BCUT2D eigenvalue weighted by molar-refractivity contribution is 5.97. The molecule has 0 aromatic heterocycles. The van der Waals surface area contributed by atoms with Crippen molar-refractivity contribution in [2.24, 2.45) is 0 Å². The molecule has 1 N–H and O–H groups in total. The highest BCUT2D eigenvalue weighted by atomic mass is 16.2. The van der Waals surface area contributed by atoms with E-state index in [0.717, 1.165) is 19.3 Å². The zero-order valence-electron chi connectivity index (χ0n) is 8.80. The average Bonchev–Trinajstić information content (AvgIpc) is 2.02. The molecule has 0 spiro atoms. The van der Waals surface area contributed by atoms with Gasteiger partial charge in [0.05, 0.1) is 6.42 Å². The summed E-state index contributed by atoms with van der Waals surface area (Å²) in [5, 5.41) is 2.92. The summed E-state index contributed by atoms with van der Waals surface area (Å²) < 4.78 is 0. The van der Waals surface area contributed by atoms with E-state index in [1.165, 1.54) is 6.92 Å². The normalized spacial score (nSPS) is 25.9. The summed E-state index contributed by atoms with van der Waals surface area (Å²) >= 11 is 0. The van der Waals surface area contributed by atoms with Gasteiger partial charge in [-0.2, -0.15) is 0 Å². The van der Waals surface area contributed by atoms with E-state index >= 15 is 0 Å². The van der Waals surface area contributed by atoms with Crippen LogP contribution >= 0.6 is 0 Å². The molecule has 0 aromatic carbocycles. The van der Waals surface area contributed by atoms with E-state index in [4.69, 9.17) is 0 Å². The van der Waals surface area contributed by atoms with Crippen LogP contribution in [0.4, 0.5) is 0 Å². The number of hydrogen-bond donors (Lipinski definition) is 1. The minimum absolute atomic E-state index is 0.000690. The van der Waals surface area contributed by atoms with E-state index in [1.807, 2.05) is 6.92 Å². The van der Waals surface area contributed by atoms with Gasteiger partial charge in [0.1, 0.15) is 5.78 Å². The first-order valence-electron chi connectivity index (χ1n) is 4.97. The molecular formula is C11H17NO2. The Labute approximate surface area is 84.6 Å². The van der Waals surface area contributed by atoms with Gasteiger partial charge in [0.25, 0.3) is 0 Å². The van der Waals surface area contributed by atoms with Gasteiger partial charge in [-0.1, -0.05) is 12.2 Å². The van der Waals surface area contributed by atoms with Gasteiger partial charge < -0.3 is 5.32 Å². The molecule has 0 aliphatic heterocycles. The van der Waals surface area contributed by atoms with Gasteiger partial charge in [0, 0.05) is 5.54 Å². The molecule has 78 valence electrons. The highest BCUT2D eigenvalue weighted by Gasteiger charge is 2.26. The maximum atomic E-state index is 11.4. The van der Waals surface area contributed by atoms with Crippen LogP contribution in [0.3, 0.4) is 0 Å². The topological polar surface area (TPSA) is 46.2 Å². The van der Waals surface area contributed by atoms with Crippen molar-refractivity contribution in [2.75, 3.05) is 0 Å². The molecule has 1 atom stereocenters. The van der Waals surface area contributed by atoms with Crippen LogP contribution in [0.2, 0.25) is 0 Å². The Bertz CT molecular complexity index is 270. The van der Waals surface area contributed by atoms with Crippen LogP contribution in [0.25, 0.3) is 0 Å². The average molecular weight is 195 g/mol. The molecule has 1 unspecified atom stereocenters. The molecular weight excluding hydrogens is 178 g/mol. The lowest BCUT2D eigenvalue weighted by Crippen LogP contribution is -2.46. The number of carbonyl (C=O) groups is 2. The molecule has 0 saturated heterocycles. The lowest BCUT2D eigenvalue weighted by Gasteiger charge is -2.31. The van der Waals surface area contributed by atoms with E-state index in [9.17, 15) is 9.59 Å². The van der Waals surface area contributed by atoms with Gasteiger partial charge in [0.15, 0.2) is 0 Å². The van der Waals surface area contributed by atoms with Crippen LogP contribution < -0.4 is 5.32 Å². The minimum Gasteiger partial charge on any atom is -0.350 e. The first kappa shape index (κ1) is 11.0. The summed E-state index contributed by atoms with van der Waals surface area (Å²) in [5.74, 6) is -0.243. The Balaban J connectivity index is 2.46. The number of rotatable bonds is 3. The molecule has 3 nitrogen and oxygen atoms in total. The Morgan fingerprint density at radius 2 is 2.14 bits per heavy atom. The van der Waals surface area contributed by atoms with E-state index in [2.05, 4.69) is 17.5 Å². The molecule has 0 radical (unpaired) electrons. The molecule has 0 bridgehead atoms. The van der Waals surface area contributed by atoms with Crippen molar-refractivity contribution in [3.8, 4) is 0 Å². The Hall–Kier alpha value is -1.12. The van der Waals surface area contributed by atoms with Gasteiger partial charge in [-0.25, -0.2) is 0 Å². The smallest absolute Gasteiger partial charge is 0.227 e. The summed E-state index contributed by atoms with van der Waals surface area (Å²) in [4.78, 5) is 22.1. The number of carbonyl (C=O) groups excluding carboxylic acids is 2. The van der Waals surface area contributed by atoms with E-state index in [0.29, 0.717) is 0 Å². The van der Waals surface area contributed by atoms with Crippen molar-refractivity contribution in [3.05, 3.63) is 12.2 Å². The quantitative estimate of drug-likeness (QED) is 0.549. The molecule has 0 aromatic rings. The number of allylic oxidation sites excluding steroid dienone is 1. The van der Waals surface area contributed by atoms with Crippen molar-refractivity contribution in [3.63, 3.8) is 0 Å². The molecule has 1 rings (SSSR count). The number of amides is 1. The van der Waals surface area contributed by atoms with E-state index < -0.39 is 0 Å². The zero-order valence-corrected chi connectivity index (χ0v) is 8.80. The lowest BCUT2D eigenvalue weighted by molar-refractivity contribution is -0.128. The molecule has 1 aliphatic rings. The predicted molar refractivity (Wildman–Crippen MR) is 54.8 cm³/mol. The fraction of sp³-hybridized carbons (Fsp3) is 0.636. The summed E-state index contributed by atoms with van der Waals surface area (Å²) in [5.41, 5.74) is -0.152. The molecule has 1 aliphatic carbocycles. The summed E-state index contributed by atoms with van der Waals surface area (Å²) in [6, 6.07) is 0. The fourth-order valence-electron chi connectivity index (χ4n) is 1.69. The first-order valence-corrected chi connectivity index (χ1v) is 4.97. The van der Waals surface area contributed by atoms with Crippen molar-refractivity contribution >= 4 is 11.7 Å². The maximum Gasteiger partial charge on any atom is 0.227 e. The van der Waals surface area contributed by atoms with Crippen LogP contribution in [-0.4, -0.2) is 17.2 Å². The van der Waals surface area contributed by atoms with E-state index in [-0.39, 0.29) is 23.7 Å². The fourth-order valence-corrected chi connectivity index (χ4v) is 1.69. The van der Waals surface area contributed by atoms with Gasteiger partial charge >= 0.3 is 0 Å². The maximum absolute atomic E-state index is 11.4. The number of hydrogen-bond acceptors (Lipinski definition) is 2.